The molecular formula is C21H20F2N6O2. The summed E-state index contributed by atoms with van der Waals surface area (Å²) in [5.41, 5.74) is 1.12. The van der Waals surface area contributed by atoms with Crippen LogP contribution in [0, 0.1) is 11.6 Å². The number of aliphatic hydroxyl groups excluding tert-OH is 1. The van der Waals surface area contributed by atoms with E-state index in [1.807, 2.05) is 6.92 Å². The van der Waals surface area contributed by atoms with E-state index >= 15 is 0 Å². The molecule has 1 atom stereocenters. The predicted octanol–water partition coefficient (Wildman–Crippen LogP) is 3.22. The number of likely N-dealkylation sites (N-methyl/N-ethyl adjacent to an activating group) is 1. The van der Waals surface area contributed by atoms with E-state index in [4.69, 9.17) is 0 Å². The third kappa shape index (κ3) is 4.30. The summed E-state index contributed by atoms with van der Waals surface area (Å²) in [6.45, 7) is 2.53. The van der Waals surface area contributed by atoms with Crippen molar-refractivity contribution in [3.8, 4) is 17.3 Å². The Hall–Kier alpha value is -3.63. The molecule has 3 heterocycles. The molecule has 31 heavy (non-hydrogen) atoms. The Bertz CT molecular complexity index is 1190. The minimum atomic E-state index is -0.796. The van der Waals surface area contributed by atoms with Gasteiger partial charge in [0.15, 0.2) is 5.82 Å². The highest BCUT2D eigenvalue weighted by atomic mass is 19.1. The van der Waals surface area contributed by atoms with Crippen LogP contribution in [0.15, 0.2) is 42.7 Å². The third-order valence-corrected chi connectivity index (χ3v) is 4.64. The van der Waals surface area contributed by atoms with Crippen LogP contribution in [0.4, 0.5) is 20.3 Å². The fraction of sp³-hybridized carbons (Fsp3) is 0.190. The number of nitrogens with zero attached hydrogens (tertiary/aromatic N) is 3. The first kappa shape index (κ1) is 20.6. The first-order chi connectivity index (χ1) is 15.0. The lowest BCUT2D eigenvalue weighted by Crippen LogP contribution is -2.30. The number of halogens is 2. The highest BCUT2D eigenvalue weighted by Gasteiger charge is 2.19. The van der Waals surface area contributed by atoms with Gasteiger partial charge in [0.25, 0.3) is 0 Å². The van der Waals surface area contributed by atoms with Crippen LogP contribution in [0.3, 0.4) is 0 Å². The van der Waals surface area contributed by atoms with Crippen molar-refractivity contribution in [3.63, 3.8) is 0 Å². The summed E-state index contributed by atoms with van der Waals surface area (Å²) in [4.78, 5) is 15.4. The van der Waals surface area contributed by atoms with E-state index in [0.717, 1.165) is 12.1 Å². The Kier molecular flexibility index (Phi) is 5.74. The maximum absolute atomic E-state index is 14.3. The van der Waals surface area contributed by atoms with Gasteiger partial charge in [-0.3, -0.25) is 10.3 Å². The molecule has 4 rings (SSSR count). The molecule has 0 amide bonds. The van der Waals surface area contributed by atoms with Crippen LogP contribution >= 0.6 is 0 Å². The summed E-state index contributed by atoms with van der Waals surface area (Å²) in [5, 5.41) is 26.2. The predicted molar refractivity (Wildman–Crippen MR) is 112 cm³/mol. The molecule has 160 valence electrons. The zero-order valence-corrected chi connectivity index (χ0v) is 16.5. The monoisotopic (exact) mass is 426 g/mol. The van der Waals surface area contributed by atoms with Gasteiger partial charge in [-0.05, 0) is 30.8 Å². The molecule has 0 aliphatic heterocycles. The molecule has 0 bridgehead atoms. The first-order valence-electron chi connectivity index (χ1n) is 9.62. The fourth-order valence-corrected chi connectivity index (χ4v) is 3.20. The molecule has 0 aliphatic carbocycles. The van der Waals surface area contributed by atoms with Gasteiger partial charge >= 0.3 is 0 Å². The van der Waals surface area contributed by atoms with Crippen LogP contribution in [0.2, 0.25) is 0 Å². The second-order valence-corrected chi connectivity index (χ2v) is 6.83. The van der Waals surface area contributed by atoms with E-state index in [2.05, 4.69) is 30.6 Å². The Labute approximate surface area is 176 Å². The lowest BCUT2D eigenvalue weighted by Gasteiger charge is -2.12. The molecule has 1 aromatic carbocycles. The van der Waals surface area contributed by atoms with Gasteiger partial charge < -0.3 is 20.5 Å². The largest absolute Gasteiger partial charge is 0.494 e. The van der Waals surface area contributed by atoms with E-state index in [1.54, 1.807) is 12.1 Å². The molecule has 0 aliphatic rings. The van der Waals surface area contributed by atoms with Crippen molar-refractivity contribution in [2.75, 3.05) is 11.9 Å². The summed E-state index contributed by atoms with van der Waals surface area (Å²) in [7, 11) is 0. The number of aromatic amines is 1. The normalized spacial score (nSPS) is 12.3. The van der Waals surface area contributed by atoms with Gasteiger partial charge in [0.1, 0.15) is 29.1 Å². The van der Waals surface area contributed by atoms with Gasteiger partial charge in [-0.1, -0.05) is 13.0 Å². The smallest absolute Gasteiger partial charge is 0.201 e. The van der Waals surface area contributed by atoms with E-state index in [9.17, 15) is 19.0 Å². The average molecular weight is 426 g/mol. The highest BCUT2D eigenvalue weighted by Crippen LogP contribution is 2.34. The number of hydrogen-bond donors (Lipinski definition) is 5. The second-order valence-electron chi connectivity index (χ2n) is 6.83. The molecule has 0 saturated heterocycles. The number of aromatic hydroxyl groups is 1. The molecule has 0 spiro atoms. The van der Waals surface area contributed by atoms with Crippen molar-refractivity contribution >= 4 is 22.4 Å². The van der Waals surface area contributed by atoms with Gasteiger partial charge in [-0.25, -0.2) is 18.7 Å². The minimum Gasteiger partial charge on any atom is -0.494 e. The molecule has 3 aromatic heterocycles. The first-order valence-corrected chi connectivity index (χ1v) is 9.62. The zero-order valence-electron chi connectivity index (χ0n) is 16.5. The Morgan fingerprint density at radius 3 is 2.58 bits per heavy atom. The Morgan fingerprint density at radius 1 is 1.13 bits per heavy atom. The molecule has 0 radical (unpaired) electrons. The molecule has 0 fully saturated rings. The van der Waals surface area contributed by atoms with E-state index in [-0.39, 0.29) is 34.0 Å². The number of pyridine rings is 1. The lowest BCUT2D eigenvalue weighted by atomic mass is 10.1. The Balaban J connectivity index is 1.69. The van der Waals surface area contributed by atoms with Crippen molar-refractivity contribution < 1.29 is 19.0 Å². The molecule has 0 saturated carbocycles. The third-order valence-electron chi connectivity index (χ3n) is 4.64. The van der Waals surface area contributed by atoms with E-state index in [1.165, 1.54) is 18.5 Å². The molecule has 10 heteroatoms. The number of anilines is 2. The van der Waals surface area contributed by atoms with Crippen molar-refractivity contribution in [2.24, 2.45) is 0 Å². The van der Waals surface area contributed by atoms with Crippen LogP contribution in [0.1, 0.15) is 12.6 Å². The number of rotatable bonds is 7. The highest BCUT2D eigenvalue weighted by molar-refractivity contribution is 5.96. The van der Waals surface area contributed by atoms with Crippen molar-refractivity contribution in [1.82, 2.24) is 25.3 Å². The number of nitrogens with one attached hydrogen (secondary N) is 3. The summed E-state index contributed by atoms with van der Waals surface area (Å²) >= 11 is 0. The van der Waals surface area contributed by atoms with E-state index in [0.29, 0.717) is 24.3 Å². The van der Waals surface area contributed by atoms with Crippen LogP contribution < -0.4 is 10.6 Å². The summed E-state index contributed by atoms with van der Waals surface area (Å²) in [6.07, 6.45) is 2.59. The van der Waals surface area contributed by atoms with E-state index < -0.39 is 17.9 Å². The SMILES string of the molecule is CCNC(O)Cc1ccc(Nc2nc(-c3c(F)cccc3F)nc3c[nH]c(O)c23)cn1. The average Bonchev–Trinajstić information content (AvgIpc) is 3.11. The number of benzene rings is 1. The van der Waals surface area contributed by atoms with Crippen LogP contribution in [0.25, 0.3) is 22.3 Å². The summed E-state index contributed by atoms with van der Waals surface area (Å²) < 4.78 is 28.5. The maximum atomic E-state index is 14.3. The van der Waals surface area contributed by atoms with Crippen molar-refractivity contribution in [2.45, 2.75) is 19.6 Å². The van der Waals surface area contributed by atoms with Gasteiger partial charge in [-0.15, -0.1) is 0 Å². The van der Waals surface area contributed by atoms with Gasteiger partial charge in [0.2, 0.25) is 5.88 Å². The lowest BCUT2D eigenvalue weighted by molar-refractivity contribution is 0.139. The number of fused-ring (bicyclic) bond motifs is 1. The Morgan fingerprint density at radius 2 is 1.90 bits per heavy atom. The number of aromatic nitrogens is 4. The van der Waals surface area contributed by atoms with Gasteiger partial charge in [0.05, 0.1) is 23.0 Å². The molecular weight excluding hydrogens is 406 g/mol. The second kappa shape index (κ2) is 8.62. The summed E-state index contributed by atoms with van der Waals surface area (Å²) in [5.74, 6) is -1.78. The quantitative estimate of drug-likeness (QED) is 0.288. The maximum Gasteiger partial charge on any atom is 0.201 e. The van der Waals surface area contributed by atoms with Crippen molar-refractivity contribution in [3.05, 3.63) is 60.1 Å². The number of H-pyrrole nitrogens is 1. The number of aliphatic hydroxyl groups is 1. The van der Waals surface area contributed by atoms with Crippen LogP contribution in [-0.2, 0) is 6.42 Å². The van der Waals surface area contributed by atoms with Crippen LogP contribution in [-0.4, -0.2) is 42.9 Å². The van der Waals surface area contributed by atoms with Crippen LogP contribution in [0.5, 0.6) is 5.88 Å². The molecule has 5 N–H and O–H groups in total. The fourth-order valence-electron chi connectivity index (χ4n) is 3.20. The van der Waals surface area contributed by atoms with Gasteiger partial charge in [0, 0.05) is 18.3 Å². The van der Waals surface area contributed by atoms with Gasteiger partial charge in [-0.2, -0.15) is 0 Å². The summed E-state index contributed by atoms with van der Waals surface area (Å²) in [6, 6.07) is 6.96. The minimum absolute atomic E-state index is 0.156. The zero-order chi connectivity index (χ0) is 22.0. The number of hydrogen-bond acceptors (Lipinski definition) is 7. The topological polar surface area (TPSA) is 119 Å². The van der Waals surface area contributed by atoms with Crippen molar-refractivity contribution in [1.29, 1.82) is 0 Å². The molecule has 4 aromatic rings. The standard InChI is InChI=1S/C21H20F2N6O2/c1-2-24-16(30)8-11-6-7-12(9-25-11)27-20-18-15(10-26-21(18)31)28-19(29-20)17-13(22)4-3-5-14(17)23/h3-7,9-10,16,24,26,30-31H,2,8H2,1H3,(H,27,28,29). The molecule has 8 nitrogen and oxygen atoms in total. The molecule has 1 unspecified atom stereocenters.